The molecule has 1 N–H and O–H groups in total. The first-order valence-electron chi connectivity index (χ1n) is 7.14. The molecule has 4 nitrogen and oxygen atoms in total. The second-order valence-corrected chi connectivity index (χ2v) is 6.14. The van der Waals surface area contributed by atoms with Gasteiger partial charge in [-0.15, -0.1) is 5.06 Å². The van der Waals surface area contributed by atoms with Crippen LogP contribution in [0.4, 0.5) is 0 Å². The Bertz CT molecular complexity index is 253. The standard InChI is InChI=1S/C14H28N2O2/c1-5-6-9-15-12-7-10-16(11-8-12)18-13(17)14(2,3)4/h12,15H,5-11H2,1-4H3. The van der Waals surface area contributed by atoms with Crippen LogP contribution in [0.2, 0.25) is 0 Å². The highest BCUT2D eigenvalue weighted by Gasteiger charge is 2.28. The van der Waals surface area contributed by atoms with Crippen molar-refractivity contribution in [3.63, 3.8) is 0 Å². The molecule has 0 unspecified atom stereocenters. The minimum absolute atomic E-state index is 0.139. The van der Waals surface area contributed by atoms with Crippen LogP contribution in [0, 0.1) is 5.41 Å². The third-order valence-electron chi connectivity index (χ3n) is 3.24. The second-order valence-electron chi connectivity index (χ2n) is 6.14. The highest BCUT2D eigenvalue weighted by atomic mass is 16.7. The van der Waals surface area contributed by atoms with E-state index < -0.39 is 5.41 Å². The summed E-state index contributed by atoms with van der Waals surface area (Å²) < 4.78 is 0. The summed E-state index contributed by atoms with van der Waals surface area (Å²) in [7, 11) is 0. The van der Waals surface area contributed by atoms with Crippen LogP contribution in [0.5, 0.6) is 0 Å². The Balaban J connectivity index is 2.21. The maximum atomic E-state index is 11.7. The topological polar surface area (TPSA) is 41.6 Å². The van der Waals surface area contributed by atoms with E-state index in [1.165, 1.54) is 12.8 Å². The van der Waals surface area contributed by atoms with E-state index in [4.69, 9.17) is 4.84 Å². The van der Waals surface area contributed by atoms with Crippen LogP contribution in [0.15, 0.2) is 0 Å². The van der Waals surface area contributed by atoms with Gasteiger partial charge in [-0.3, -0.25) is 0 Å². The van der Waals surface area contributed by atoms with Gasteiger partial charge in [-0.1, -0.05) is 13.3 Å². The molecule has 0 saturated carbocycles. The van der Waals surface area contributed by atoms with E-state index in [1.54, 1.807) is 0 Å². The average molecular weight is 256 g/mol. The van der Waals surface area contributed by atoms with E-state index in [1.807, 2.05) is 25.8 Å². The largest absolute Gasteiger partial charge is 0.367 e. The Hall–Kier alpha value is -0.610. The smallest absolute Gasteiger partial charge is 0.330 e. The van der Waals surface area contributed by atoms with Crippen LogP contribution < -0.4 is 5.32 Å². The molecule has 1 saturated heterocycles. The number of carbonyl (C=O) groups excluding carboxylic acids is 1. The fraction of sp³-hybridized carbons (Fsp3) is 0.929. The Morgan fingerprint density at radius 2 is 1.94 bits per heavy atom. The molecule has 0 aromatic heterocycles. The van der Waals surface area contributed by atoms with Gasteiger partial charge < -0.3 is 10.2 Å². The maximum Gasteiger partial charge on any atom is 0.330 e. The first-order chi connectivity index (χ1) is 8.43. The minimum Gasteiger partial charge on any atom is -0.367 e. The molecule has 18 heavy (non-hydrogen) atoms. The molecule has 0 aromatic carbocycles. The number of hydrogen-bond donors (Lipinski definition) is 1. The van der Waals surface area contributed by atoms with Crippen LogP contribution in [0.25, 0.3) is 0 Å². The number of nitrogens with zero attached hydrogens (tertiary/aromatic N) is 1. The predicted molar refractivity (Wildman–Crippen MR) is 73.1 cm³/mol. The second kappa shape index (κ2) is 7.10. The highest BCUT2D eigenvalue weighted by Crippen LogP contribution is 2.18. The van der Waals surface area contributed by atoms with Crippen LogP contribution in [0.3, 0.4) is 0 Å². The molecule has 106 valence electrons. The average Bonchev–Trinajstić information content (AvgIpc) is 2.30. The van der Waals surface area contributed by atoms with Crippen LogP contribution >= 0.6 is 0 Å². The zero-order valence-corrected chi connectivity index (χ0v) is 12.3. The van der Waals surface area contributed by atoms with Crippen molar-refractivity contribution in [2.24, 2.45) is 5.41 Å². The van der Waals surface area contributed by atoms with Gasteiger partial charge in [-0.2, -0.15) is 0 Å². The van der Waals surface area contributed by atoms with Crippen LogP contribution in [-0.2, 0) is 9.63 Å². The predicted octanol–water partition coefficient (Wildman–Crippen LogP) is 2.34. The highest BCUT2D eigenvalue weighted by molar-refractivity contribution is 5.75. The van der Waals surface area contributed by atoms with Gasteiger partial charge in [0.2, 0.25) is 0 Å². The van der Waals surface area contributed by atoms with E-state index in [0.717, 1.165) is 32.5 Å². The van der Waals surface area contributed by atoms with Crippen molar-refractivity contribution in [1.29, 1.82) is 0 Å². The lowest BCUT2D eigenvalue weighted by atomic mass is 9.98. The molecule has 1 rings (SSSR count). The summed E-state index contributed by atoms with van der Waals surface area (Å²) in [5.74, 6) is -0.139. The lowest BCUT2D eigenvalue weighted by Crippen LogP contribution is -2.44. The fourth-order valence-corrected chi connectivity index (χ4v) is 1.89. The Morgan fingerprint density at radius 3 is 2.44 bits per heavy atom. The van der Waals surface area contributed by atoms with Gasteiger partial charge >= 0.3 is 5.97 Å². The molecular weight excluding hydrogens is 228 g/mol. The maximum absolute atomic E-state index is 11.7. The SMILES string of the molecule is CCCCNC1CCN(OC(=O)C(C)(C)C)CC1. The lowest BCUT2D eigenvalue weighted by molar-refractivity contribution is -0.204. The number of piperidine rings is 1. The minimum atomic E-state index is -0.420. The van der Waals surface area contributed by atoms with Crippen molar-refractivity contribution in [1.82, 2.24) is 10.4 Å². The number of rotatable bonds is 5. The number of hydroxylamine groups is 2. The number of unbranched alkanes of at least 4 members (excludes halogenated alkanes) is 1. The van der Waals surface area contributed by atoms with Crippen LogP contribution in [0.1, 0.15) is 53.4 Å². The third-order valence-corrected chi connectivity index (χ3v) is 3.24. The van der Waals surface area contributed by atoms with Gasteiger partial charge in [0.25, 0.3) is 0 Å². The van der Waals surface area contributed by atoms with Crippen LogP contribution in [-0.4, -0.2) is 36.7 Å². The van der Waals surface area contributed by atoms with Gasteiger partial charge in [-0.25, -0.2) is 4.79 Å². The monoisotopic (exact) mass is 256 g/mol. The molecular formula is C14H28N2O2. The van der Waals surface area contributed by atoms with Gasteiger partial charge in [-0.05, 0) is 46.6 Å². The molecule has 0 radical (unpaired) electrons. The molecule has 0 atom stereocenters. The van der Waals surface area contributed by atoms with Crippen molar-refractivity contribution in [2.45, 2.75) is 59.4 Å². The van der Waals surface area contributed by atoms with Gasteiger partial charge in [0.05, 0.1) is 5.41 Å². The van der Waals surface area contributed by atoms with Crippen molar-refractivity contribution >= 4 is 5.97 Å². The third kappa shape index (κ3) is 5.36. The summed E-state index contributed by atoms with van der Waals surface area (Å²) >= 11 is 0. The molecule has 1 aliphatic rings. The molecule has 0 amide bonds. The van der Waals surface area contributed by atoms with E-state index in [-0.39, 0.29) is 5.97 Å². The first-order valence-corrected chi connectivity index (χ1v) is 7.14. The van der Waals surface area contributed by atoms with E-state index in [9.17, 15) is 4.79 Å². The fourth-order valence-electron chi connectivity index (χ4n) is 1.89. The molecule has 0 aliphatic carbocycles. The summed E-state index contributed by atoms with van der Waals surface area (Å²) in [5, 5.41) is 5.37. The number of carbonyl (C=O) groups is 1. The summed E-state index contributed by atoms with van der Waals surface area (Å²) in [5.41, 5.74) is -0.420. The first kappa shape index (κ1) is 15.4. The zero-order valence-electron chi connectivity index (χ0n) is 12.3. The normalized spacial score (nSPS) is 18.9. The Kier molecular flexibility index (Phi) is 6.09. The van der Waals surface area contributed by atoms with Gasteiger partial charge in [0.1, 0.15) is 0 Å². The zero-order chi connectivity index (χ0) is 13.6. The Labute approximate surface area is 111 Å². The van der Waals surface area contributed by atoms with E-state index in [0.29, 0.717) is 6.04 Å². The summed E-state index contributed by atoms with van der Waals surface area (Å²) in [6.45, 7) is 10.6. The molecule has 1 fully saturated rings. The Morgan fingerprint density at radius 1 is 1.33 bits per heavy atom. The quantitative estimate of drug-likeness (QED) is 0.767. The molecule has 0 aromatic rings. The number of nitrogens with one attached hydrogen (secondary N) is 1. The van der Waals surface area contributed by atoms with Crippen molar-refractivity contribution in [2.75, 3.05) is 19.6 Å². The summed E-state index contributed by atoms with van der Waals surface area (Å²) in [6, 6.07) is 0.584. The molecule has 0 bridgehead atoms. The molecule has 0 spiro atoms. The van der Waals surface area contributed by atoms with Gasteiger partial charge in [0.15, 0.2) is 0 Å². The van der Waals surface area contributed by atoms with Crippen molar-refractivity contribution < 1.29 is 9.63 Å². The van der Waals surface area contributed by atoms with Crippen molar-refractivity contribution in [3.8, 4) is 0 Å². The molecule has 4 heteroatoms. The van der Waals surface area contributed by atoms with Gasteiger partial charge in [0, 0.05) is 19.1 Å². The van der Waals surface area contributed by atoms with Crippen molar-refractivity contribution in [3.05, 3.63) is 0 Å². The molecule has 1 aliphatic heterocycles. The summed E-state index contributed by atoms with van der Waals surface area (Å²) in [6.07, 6.45) is 4.58. The number of hydrogen-bond acceptors (Lipinski definition) is 4. The molecule has 1 heterocycles. The van der Waals surface area contributed by atoms with E-state index in [2.05, 4.69) is 12.2 Å². The lowest BCUT2D eigenvalue weighted by Gasteiger charge is -2.32. The van der Waals surface area contributed by atoms with E-state index >= 15 is 0 Å². The summed E-state index contributed by atoms with van der Waals surface area (Å²) in [4.78, 5) is 17.1.